The molecule has 0 aliphatic carbocycles. The molecular formula is C30H45BN3O10S2. The molecule has 2 rings (SSSR count). The number of nitrogens with one attached hydrogen (secondary N) is 2. The Morgan fingerprint density at radius 1 is 1.24 bits per heavy atom. The van der Waals surface area contributed by atoms with E-state index in [2.05, 4.69) is 43.1 Å². The largest absolute Gasteiger partial charge is 0.508 e. The molecule has 0 bridgehead atoms. The molecule has 46 heavy (non-hydrogen) atoms. The standard InChI is InChI=1S/C30H45BN3O10S2/c1-5-40-29(38)44-23-17-25(43-24(23)18-35)31-10-7-12-33-26(36)19-39-14-15-41-27(45-46-30(2,3)4)20-42-22-9-6-8-21(16-22)28(37)34-13-11-32/h6,8-9,16,23-25,27,35H,5,11-15,17-20,32H2,1-4H3,(H,33,36)(H,34,37)/t23-,24?,25-,27?/m1/s1. The van der Waals surface area contributed by atoms with Gasteiger partial charge in [-0.05, 0) is 25.1 Å². The summed E-state index contributed by atoms with van der Waals surface area (Å²) >= 11 is 0. The second-order valence-corrected chi connectivity index (χ2v) is 14.0. The van der Waals surface area contributed by atoms with Crippen molar-refractivity contribution in [1.29, 1.82) is 0 Å². The first-order valence-electron chi connectivity index (χ1n) is 15.0. The topological polar surface area (TPSA) is 177 Å². The van der Waals surface area contributed by atoms with Gasteiger partial charge in [0.15, 0.2) is 0 Å². The molecule has 1 heterocycles. The van der Waals surface area contributed by atoms with Crippen LogP contribution in [0.5, 0.6) is 5.75 Å². The van der Waals surface area contributed by atoms with Crippen molar-refractivity contribution >= 4 is 46.8 Å². The van der Waals surface area contributed by atoms with Crippen LogP contribution in [-0.2, 0) is 28.5 Å². The van der Waals surface area contributed by atoms with Crippen LogP contribution in [0.25, 0.3) is 0 Å². The quantitative estimate of drug-likeness (QED) is 0.0415. The highest BCUT2D eigenvalue weighted by molar-refractivity contribution is 8.77. The van der Waals surface area contributed by atoms with Gasteiger partial charge < -0.3 is 49.9 Å². The zero-order chi connectivity index (χ0) is 33.8. The van der Waals surface area contributed by atoms with E-state index in [1.54, 1.807) is 49.3 Å². The number of hydrogen-bond donors (Lipinski definition) is 4. The van der Waals surface area contributed by atoms with Gasteiger partial charge in [0, 0.05) is 35.8 Å². The van der Waals surface area contributed by atoms with Gasteiger partial charge in [-0.2, -0.15) is 5.82 Å². The molecule has 1 aliphatic heterocycles. The molecule has 1 aromatic rings. The third-order valence-electron chi connectivity index (χ3n) is 5.75. The Kier molecular flexibility index (Phi) is 18.9. The molecule has 1 radical (unpaired) electrons. The molecule has 1 saturated heterocycles. The van der Waals surface area contributed by atoms with Gasteiger partial charge in [-0.3, -0.25) is 9.59 Å². The first kappa shape index (κ1) is 39.5. The third kappa shape index (κ3) is 16.8. The molecule has 5 N–H and O–H groups in total. The molecule has 1 aliphatic rings. The minimum atomic E-state index is -0.811. The maximum absolute atomic E-state index is 12.2. The molecular weight excluding hydrogens is 637 g/mol. The van der Waals surface area contributed by atoms with E-state index in [0.717, 1.165) is 0 Å². The Hall–Kier alpha value is -2.65. The highest BCUT2D eigenvalue weighted by atomic mass is 33.1. The van der Waals surface area contributed by atoms with Crippen LogP contribution >= 0.6 is 21.6 Å². The van der Waals surface area contributed by atoms with E-state index in [1.165, 1.54) is 10.8 Å². The maximum atomic E-state index is 12.2. The summed E-state index contributed by atoms with van der Waals surface area (Å²) in [5.41, 5.74) is 5.61. The van der Waals surface area contributed by atoms with E-state index in [-0.39, 0.29) is 68.2 Å². The number of benzene rings is 1. The zero-order valence-electron chi connectivity index (χ0n) is 26.8. The molecule has 16 heteroatoms. The Balaban J connectivity index is 1.68. The highest BCUT2D eigenvalue weighted by Crippen LogP contribution is 2.38. The van der Waals surface area contributed by atoms with Crippen molar-refractivity contribution < 1.29 is 47.9 Å². The number of carbonyl (C=O) groups is 3. The zero-order valence-corrected chi connectivity index (χ0v) is 28.4. The minimum absolute atomic E-state index is 0.00452. The number of amides is 2. The van der Waals surface area contributed by atoms with Crippen molar-refractivity contribution in [3.63, 3.8) is 0 Å². The molecule has 2 amide bonds. The predicted molar refractivity (Wildman–Crippen MR) is 178 cm³/mol. The minimum Gasteiger partial charge on any atom is -0.490 e. The summed E-state index contributed by atoms with van der Waals surface area (Å²) < 4.78 is 32.9. The van der Waals surface area contributed by atoms with Crippen molar-refractivity contribution in [3.05, 3.63) is 29.8 Å². The number of aliphatic hydroxyl groups is 1. The Morgan fingerprint density at radius 2 is 2.04 bits per heavy atom. The Morgan fingerprint density at radius 3 is 2.76 bits per heavy atom. The smallest absolute Gasteiger partial charge is 0.490 e. The van der Waals surface area contributed by atoms with Crippen molar-refractivity contribution in [2.45, 2.75) is 62.5 Å². The van der Waals surface area contributed by atoms with E-state index in [1.807, 2.05) is 0 Å². The second kappa shape index (κ2) is 22.0. The van der Waals surface area contributed by atoms with Gasteiger partial charge >= 0.3 is 6.16 Å². The van der Waals surface area contributed by atoms with Crippen LogP contribution in [0.1, 0.15) is 44.5 Å². The number of nitrogens with two attached hydrogens (primary N) is 1. The van der Waals surface area contributed by atoms with E-state index in [9.17, 15) is 19.5 Å². The van der Waals surface area contributed by atoms with Gasteiger partial charge in [-0.25, -0.2) is 4.79 Å². The van der Waals surface area contributed by atoms with Crippen LogP contribution in [0.15, 0.2) is 24.3 Å². The predicted octanol–water partition coefficient (Wildman–Crippen LogP) is 1.72. The summed E-state index contributed by atoms with van der Waals surface area (Å²) in [4.78, 5) is 35.9. The first-order chi connectivity index (χ1) is 22.0. The molecule has 2 unspecified atom stereocenters. The van der Waals surface area contributed by atoms with Gasteiger partial charge in [0.2, 0.25) is 5.91 Å². The molecule has 4 atom stereocenters. The number of hydrogen-bond acceptors (Lipinski definition) is 13. The van der Waals surface area contributed by atoms with Crippen LogP contribution in [0.2, 0.25) is 0 Å². The van der Waals surface area contributed by atoms with E-state index in [0.29, 0.717) is 30.8 Å². The molecule has 255 valence electrons. The fourth-order valence-electron chi connectivity index (χ4n) is 3.70. The van der Waals surface area contributed by atoms with Crippen LogP contribution in [0.3, 0.4) is 0 Å². The summed E-state index contributed by atoms with van der Waals surface area (Å²) in [6.45, 7) is 9.22. The molecule has 13 nitrogen and oxygen atoms in total. The van der Waals surface area contributed by atoms with Crippen LogP contribution in [0.4, 0.5) is 4.79 Å². The molecule has 0 spiro atoms. The van der Waals surface area contributed by atoms with Crippen molar-refractivity contribution in [1.82, 2.24) is 10.6 Å². The fourth-order valence-corrected chi connectivity index (χ4v) is 5.89. The van der Waals surface area contributed by atoms with Crippen molar-refractivity contribution in [3.8, 4) is 17.5 Å². The lowest BCUT2D eigenvalue weighted by molar-refractivity contribution is -0.126. The van der Waals surface area contributed by atoms with Gasteiger partial charge in [-0.1, -0.05) is 54.3 Å². The number of aliphatic hydroxyl groups excluding tert-OH is 1. The Bertz CT molecular complexity index is 1150. The average molecular weight is 683 g/mol. The summed E-state index contributed by atoms with van der Waals surface area (Å²) in [6, 6.07) is 6.46. The summed E-state index contributed by atoms with van der Waals surface area (Å²) in [5.74, 6) is 5.60. The summed E-state index contributed by atoms with van der Waals surface area (Å²) in [5, 5.41) is 14.9. The Labute approximate surface area is 279 Å². The lowest BCUT2D eigenvalue weighted by Crippen LogP contribution is -2.30. The monoisotopic (exact) mass is 682 g/mol. The molecule has 1 aromatic carbocycles. The van der Waals surface area contributed by atoms with Crippen molar-refractivity contribution in [2.75, 3.05) is 59.3 Å². The second-order valence-electron chi connectivity index (χ2n) is 10.8. The lowest BCUT2D eigenvalue weighted by atomic mass is 9.71. The fraction of sp³-hybridized carbons (Fsp3) is 0.633. The normalized spacial score (nSPS) is 18.1. The maximum Gasteiger partial charge on any atom is 0.508 e. The highest BCUT2D eigenvalue weighted by Gasteiger charge is 2.37. The number of carbonyl (C=O) groups excluding carboxylic acids is 3. The summed E-state index contributed by atoms with van der Waals surface area (Å²) in [6.07, 6.45) is -1.77. The third-order valence-corrected chi connectivity index (χ3v) is 9.26. The average Bonchev–Trinajstić information content (AvgIpc) is 3.41. The molecule has 1 fully saturated rings. The molecule has 0 saturated carbocycles. The van der Waals surface area contributed by atoms with Gasteiger partial charge in [0.1, 0.15) is 36.6 Å². The van der Waals surface area contributed by atoms with E-state index in [4.69, 9.17) is 34.2 Å². The van der Waals surface area contributed by atoms with Gasteiger partial charge in [0.25, 0.3) is 13.2 Å². The summed E-state index contributed by atoms with van der Waals surface area (Å²) in [7, 11) is 4.79. The van der Waals surface area contributed by atoms with Crippen LogP contribution in [0, 0.1) is 11.7 Å². The number of rotatable bonds is 19. The number of ether oxygens (including phenoxy) is 6. The van der Waals surface area contributed by atoms with Gasteiger partial charge in [-0.15, -0.1) is 0 Å². The first-order valence-corrected chi connectivity index (χ1v) is 17.2. The van der Waals surface area contributed by atoms with Crippen LogP contribution < -0.4 is 21.1 Å². The van der Waals surface area contributed by atoms with Crippen molar-refractivity contribution in [2.24, 2.45) is 5.73 Å². The lowest BCUT2D eigenvalue weighted by Gasteiger charge is -2.22. The van der Waals surface area contributed by atoms with E-state index >= 15 is 0 Å². The SMILES string of the molecule is CCOC(=O)O[C@@H]1C[C@H]([B]C#CCNC(=O)COCCOC(COc2cccc(C(=O)NCCN)c2)SSC(C)(C)C)OC1CO. The molecule has 0 aromatic heterocycles. The van der Waals surface area contributed by atoms with Gasteiger partial charge in [0.05, 0.1) is 33.0 Å². The van der Waals surface area contributed by atoms with Crippen LogP contribution in [-0.4, -0.2) is 118 Å². The van der Waals surface area contributed by atoms with E-state index < -0.39 is 24.4 Å².